The third-order valence-electron chi connectivity index (χ3n) is 3.49. The molecular formula is C18H16N2O4. The number of nitrogens with zero attached hydrogens (tertiary/aromatic N) is 2. The first-order valence-electron chi connectivity index (χ1n) is 7.49. The van der Waals surface area contributed by atoms with Crippen LogP contribution in [0.15, 0.2) is 61.9 Å². The van der Waals surface area contributed by atoms with Crippen molar-refractivity contribution in [3.63, 3.8) is 0 Å². The third-order valence-corrected chi connectivity index (χ3v) is 3.49. The van der Waals surface area contributed by atoms with Gasteiger partial charge in [0.25, 0.3) is 0 Å². The Labute approximate surface area is 138 Å². The minimum absolute atomic E-state index is 0.106. The lowest BCUT2D eigenvalue weighted by molar-refractivity contribution is 0.340. The molecule has 6 nitrogen and oxygen atoms in total. The van der Waals surface area contributed by atoms with Gasteiger partial charge in [-0.15, -0.1) is 5.11 Å². The van der Waals surface area contributed by atoms with Gasteiger partial charge in [0.15, 0.2) is 11.3 Å². The van der Waals surface area contributed by atoms with Crippen LogP contribution < -0.4 is 10.4 Å². The second kappa shape index (κ2) is 6.54. The van der Waals surface area contributed by atoms with Crippen LogP contribution in [0.5, 0.6) is 11.5 Å². The van der Waals surface area contributed by atoms with Gasteiger partial charge < -0.3 is 14.3 Å². The van der Waals surface area contributed by atoms with Crippen molar-refractivity contribution in [3.8, 4) is 11.5 Å². The van der Waals surface area contributed by atoms with Gasteiger partial charge in [0, 0.05) is 11.5 Å². The topological polar surface area (TPSA) is 84.4 Å². The van der Waals surface area contributed by atoms with Crippen LogP contribution in [0.25, 0.3) is 11.0 Å². The summed E-state index contributed by atoms with van der Waals surface area (Å²) in [5.74, 6) is 0.636. The van der Waals surface area contributed by atoms with E-state index >= 15 is 0 Å². The number of phenols is 1. The van der Waals surface area contributed by atoms with Gasteiger partial charge in [-0.2, -0.15) is 5.11 Å². The van der Waals surface area contributed by atoms with E-state index in [9.17, 15) is 9.90 Å². The third kappa shape index (κ3) is 3.12. The van der Waals surface area contributed by atoms with Crippen molar-refractivity contribution in [2.24, 2.45) is 10.2 Å². The highest BCUT2D eigenvalue weighted by Gasteiger charge is 2.11. The molecule has 0 unspecified atom stereocenters. The highest BCUT2D eigenvalue weighted by molar-refractivity contribution is 5.92. The molecule has 2 aromatic carbocycles. The molecule has 0 atom stereocenters. The van der Waals surface area contributed by atoms with Crippen LogP contribution in [-0.4, -0.2) is 11.7 Å². The van der Waals surface area contributed by atoms with Gasteiger partial charge in [-0.25, -0.2) is 4.79 Å². The number of fused-ring (bicyclic) bond motifs is 1. The lowest BCUT2D eigenvalue weighted by atomic mass is 10.1. The number of phenolic OH excluding ortho intramolecular Hbond substituents is 1. The van der Waals surface area contributed by atoms with Gasteiger partial charge in [0.05, 0.1) is 12.3 Å². The standard InChI is InChI=1S/C18H16N2O4/c1-3-23-13-6-4-12(5-7-13)19-20-17-15(21)9-8-14-11(2)10-16(22)24-18(14)17/h4-10,21H,3H2,1-2H3. The van der Waals surface area contributed by atoms with Crippen LogP contribution >= 0.6 is 0 Å². The fraction of sp³-hybridized carbons (Fsp3) is 0.167. The Morgan fingerprint density at radius 1 is 1.12 bits per heavy atom. The Hall–Kier alpha value is -3.15. The molecule has 0 amide bonds. The van der Waals surface area contributed by atoms with E-state index in [1.807, 2.05) is 6.92 Å². The normalized spacial score (nSPS) is 11.2. The predicted octanol–water partition coefficient (Wildman–Crippen LogP) is 4.62. The fourth-order valence-electron chi connectivity index (χ4n) is 2.34. The highest BCUT2D eigenvalue weighted by Crippen LogP contribution is 2.36. The summed E-state index contributed by atoms with van der Waals surface area (Å²) in [5.41, 5.74) is 1.18. The second-order valence-corrected chi connectivity index (χ2v) is 5.19. The number of aryl methyl sites for hydroxylation is 1. The molecule has 0 aliphatic carbocycles. The molecule has 0 aliphatic rings. The van der Waals surface area contributed by atoms with E-state index < -0.39 is 5.63 Å². The van der Waals surface area contributed by atoms with Crippen molar-refractivity contribution in [2.75, 3.05) is 6.61 Å². The largest absolute Gasteiger partial charge is 0.505 e. The number of azo groups is 1. The first-order valence-corrected chi connectivity index (χ1v) is 7.49. The van der Waals surface area contributed by atoms with E-state index in [1.54, 1.807) is 37.3 Å². The zero-order chi connectivity index (χ0) is 17.1. The van der Waals surface area contributed by atoms with Crippen molar-refractivity contribution in [1.29, 1.82) is 0 Å². The molecule has 0 saturated carbocycles. The van der Waals surface area contributed by atoms with E-state index in [0.29, 0.717) is 17.7 Å². The molecule has 0 spiro atoms. The highest BCUT2D eigenvalue weighted by atomic mass is 16.5. The van der Waals surface area contributed by atoms with Crippen molar-refractivity contribution >= 4 is 22.3 Å². The zero-order valence-corrected chi connectivity index (χ0v) is 13.3. The quantitative estimate of drug-likeness (QED) is 0.560. The number of rotatable bonds is 4. The predicted molar refractivity (Wildman–Crippen MR) is 90.7 cm³/mol. The monoisotopic (exact) mass is 324 g/mol. The smallest absolute Gasteiger partial charge is 0.336 e. The molecule has 3 aromatic rings. The Morgan fingerprint density at radius 2 is 1.88 bits per heavy atom. The molecule has 0 saturated heterocycles. The minimum atomic E-state index is -0.497. The van der Waals surface area contributed by atoms with Crippen molar-refractivity contribution in [2.45, 2.75) is 13.8 Å². The molecule has 0 aliphatic heterocycles. The van der Waals surface area contributed by atoms with Gasteiger partial charge >= 0.3 is 5.63 Å². The van der Waals surface area contributed by atoms with Gasteiger partial charge in [-0.1, -0.05) is 0 Å². The van der Waals surface area contributed by atoms with Crippen molar-refractivity contribution in [3.05, 3.63) is 58.4 Å². The summed E-state index contributed by atoms with van der Waals surface area (Å²) in [7, 11) is 0. The Bertz CT molecular complexity index is 959. The molecule has 0 bridgehead atoms. The molecule has 1 aromatic heterocycles. The van der Waals surface area contributed by atoms with E-state index in [1.165, 1.54) is 12.1 Å². The molecule has 0 fully saturated rings. The van der Waals surface area contributed by atoms with E-state index in [4.69, 9.17) is 9.15 Å². The number of hydrogen-bond donors (Lipinski definition) is 1. The maximum atomic E-state index is 11.6. The van der Waals surface area contributed by atoms with E-state index in [-0.39, 0.29) is 17.0 Å². The van der Waals surface area contributed by atoms with Gasteiger partial charge in [0.1, 0.15) is 11.5 Å². The average Bonchev–Trinajstić information content (AvgIpc) is 2.55. The minimum Gasteiger partial charge on any atom is -0.505 e. The molecule has 1 heterocycles. The summed E-state index contributed by atoms with van der Waals surface area (Å²) in [6, 6.07) is 11.6. The molecule has 6 heteroatoms. The van der Waals surface area contributed by atoms with Crippen LogP contribution in [0.2, 0.25) is 0 Å². The van der Waals surface area contributed by atoms with Gasteiger partial charge in [0.2, 0.25) is 0 Å². The van der Waals surface area contributed by atoms with Crippen LogP contribution in [0.4, 0.5) is 11.4 Å². The Balaban J connectivity index is 2.03. The summed E-state index contributed by atoms with van der Waals surface area (Å²) >= 11 is 0. The molecule has 1 N–H and O–H groups in total. The number of hydrogen-bond acceptors (Lipinski definition) is 6. The molecule has 0 radical (unpaired) electrons. The Kier molecular flexibility index (Phi) is 4.29. The molecule has 3 rings (SSSR count). The summed E-state index contributed by atoms with van der Waals surface area (Å²) in [5, 5.41) is 18.9. The average molecular weight is 324 g/mol. The number of benzene rings is 2. The first-order chi connectivity index (χ1) is 11.6. The fourth-order valence-corrected chi connectivity index (χ4v) is 2.34. The summed E-state index contributed by atoms with van der Waals surface area (Å²) in [4.78, 5) is 11.6. The molecule has 24 heavy (non-hydrogen) atoms. The lowest BCUT2D eigenvalue weighted by Crippen LogP contribution is -1.97. The van der Waals surface area contributed by atoms with E-state index in [0.717, 1.165) is 11.3 Å². The van der Waals surface area contributed by atoms with Gasteiger partial charge in [-0.05, 0) is 55.8 Å². The first kappa shape index (κ1) is 15.7. The second-order valence-electron chi connectivity index (χ2n) is 5.19. The maximum Gasteiger partial charge on any atom is 0.336 e. The van der Waals surface area contributed by atoms with Crippen LogP contribution in [0, 0.1) is 6.92 Å². The number of aromatic hydroxyl groups is 1. The van der Waals surface area contributed by atoms with Gasteiger partial charge in [-0.3, -0.25) is 0 Å². The SMILES string of the molecule is CCOc1ccc(N=Nc2c(O)ccc3c(C)cc(=O)oc23)cc1. The molecule has 122 valence electrons. The zero-order valence-electron chi connectivity index (χ0n) is 13.3. The van der Waals surface area contributed by atoms with E-state index in [2.05, 4.69) is 10.2 Å². The van der Waals surface area contributed by atoms with Crippen molar-refractivity contribution in [1.82, 2.24) is 0 Å². The lowest BCUT2D eigenvalue weighted by Gasteiger charge is -2.05. The van der Waals surface area contributed by atoms with Crippen molar-refractivity contribution < 1.29 is 14.3 Å². The summed E-state index contributed by atoms with van der Waals surface area (Å²) in [6.07, 6.45) is 0. The molecular weight excluding hydrogens is 308 g/mol. The van der Waals surface area contributed by atoms with Crippen LogP contribution in [0.3, 0.4) is 0 Å². The van der Waals surface area contributed by atoms with Crippen LogP contribution in [0.1, 0.15) is 12.5 Å². The summed E-state index contributed by atoms with van der Waals surface area (Å²) < 4.78 is 10.6. The number of ether oxygens (including phenoxy) is 1. The summed E-state index contributed by atoms with van der Waals surface area (Å²) in [6.45, 7) is 4.29. The maximum absolute atomic E-state index is 11.6. The van der Waals surface area contributed by atoms with Crippen LogP contribution in [-0.2, 0) is 0 Å². The Morgan fingerprint density at radius 3 is 2.58 bits per heavy atom.